The molecule has 0 atom stereocenters. The second kappa shape index (κ2) is 3.43. The van der Waals surface area contributed by atoms with Crippen LogP contribution in [0.3, 0.4) is 0 Å². The van der Waals surface area contributed by atoms with Gasteiger partial charge in [0.2, 0.25) is 5.82 Å². The average molecular weight is 230 g/mol. The van der Waals surface area contributed by atoms with Gasteiger partial charge in [0.25, 0.3) is 0 Å². The summed E-state index contributed by atoms with van der Waals surface area (Å²) in [7, 11) is 0. The molecule has 0 amide bonds. The standard InChI is InChI=1S/C7H5F3N6/c8-7(9,10)4-3-5(11)14-15-6(4)16-12-1-2-13-16/h1-3H,(H2,11,14). The number of anilines is 1. The van der Waals surface area contributed by atoms with E-state index < -0.39 is 17.6 Å². The Balaban J connectivity index is 2.62. The Labute approximate surface area is 86.9 Å². The van der Waals surface area contributed by atoms with Crippen molar-refractivity contribution in [2.75, 3.05) is 5.73 Å². The molecule has 6 nitrogen and oxygen atoms in total. The van der Waals surface area contributed by atoms with Gasteiger partial charge in [0.15, 0.2) is 0 Å². The number of aromatic nitrogens is 5. The fourth-order valence-corrected chi connectivity index (χ4v) is 1.08. The van der Waals surface area contributed by atoms with Gasteiger partial charge in [-0.3, -0.25) is 0 Å². The van der Waals surface area contributed by atoms with E-state index in [0.29, 0.717) is 6.07 Å². The lowest BCUT2D eigenvalue weighted by Gasteiger charge is -2.10. The van der Waals surface area contributed by atoms with Gasteiger partial charge in [-0.2, -0.15) is 23.4 Å². The highest BCUT2D eigenvalue weighted by atomic mass is 19.4. The van der Waals surface area contributed by atoms with Crippen LogP contribution in [0.2, 0.25) is 0 Å². The summed E-state index contributed by atoms with van der Waals surface area (Å²) in [6.45, 7) is 0. The molecule has 0 aromatic carbocycles. The number of halogens is 3. The van der Waals surface area contributed by atoms with Crippen molar-refractivity contribution < 1.29 is 13.2 Å². The third-order valence-corrected chi connectivity index (χ3v) is 1.71. The molecule has 2 rings (SSSR count). The van der Waals surface area contributed by atoms with Gasteiger partial charge in [0.05, 0.1) is 12.4 Å². The maximum Gasteiger partial charge on any atom is 0.420 e. The molecule has 0 radical (unpaired) electrons. The Bertz CT molecular complexity index is 491. The smallest absolute Gasteiger partial charge is 0.382 e. The quantitative estimate of drug-likeness (QED) is 0.778. The van der Waals surface area contributed by atoms with Crippen molar-refractivity contribution in [1.29, 1.82) is 0 Å². The van der Waals surface area contributed by atoms with Crippen LogP contribution < -0.4 is 5.73 Å². The highest BCUT2D eigenvalue weighted by Gasteiger charge is 2.36. The lowest BCUT2D eigenvalue weighted by Crippen LogP contribution is -2.16. The fourth-order valence-electron chi connectivity index (χ4n) is 1.08. The maximum absolute atomic E-state index is 12.6. The summed E-state index contributed by atoms with van der Waals surface area (Å²) >= 11 is 0. The number of alkyl halides is 3. The van der Waals surface area contributed by atoms with Crippen LogP contribution in [0.5, 0.6) is 0 Å². The minimum Gasteiger partial charge on any atom is -0.382 e. The minimum atomic E-state index is -4.59. The summed E-state index contributed by atoms with van der Waals surface area (Å²) in [6.07, 6.45) is -2.12. The first kappa shape index (κ1) is 10.3. The van der Waals surface area contributed by atoms with Crippen LogP contribution >= 0.6 is 0 Å². The van der Waals surface area contributed by atoms with Crippen molar-refractivity contribution in [3.8, 4) is 5.82 Å². The zero-order valence-electron chi connectivity index (χ0n) is 7.68. The van der Waals surface area contributed by atoms with Gasteiger partial charge in [0, 0.05) is 0 Å². The molecular formula is C7H5F3N6. The number of nitrogen functional groups attached to an aromatic ring is 1. The van der Waals surface area contributed by atoms with Crippen molar-refractivity contribution in [2.45, 2.75) is 6.18 Å². The van der Waals surface area contributed by atoms with Crippen LogP contribution in [0.4, 0.5) is 19.0 Å². The van der Waals surface area contributed by atoms with Crippen LogP contribution in [0.15, 0.2) is 18.5 Å². The van der Waals surface area contributed by atoms with Crippen molar-refractivity contribution in [1.82, 2.24) is 25.2 Å². The minimum absolute atomic E-state index is 0.316. The van der Waals surface area contributed by atoms with Gasteiger partial charge >= 0.3 is 6.18 Å². The normalized spacial score (nSPS) is 11.7. The first-order chi connectivity index (χ1) is 7.48. The third kappa shape index (κ3) is 1.78. The molecule has 16 heavy (non-hydrogen) atoms. The van der Waals surface area contributed by atoms with Crippen molar-refractivity contribution in [3.05, 3.63) is 24.0 Å². The predicted molar refractivity (Wildman–Crippen MR) is 46.4 cm³/mol. The van der Waals surface area contributed by atoms with Gasteiger partial charge in [-0.1, -0.05) is 0 Å². The monoisotopic (exact) mass is 230 g/mol. The van der Waals surface area contributed by atoms with Gasteiger partial charge in [-0.25, -0.2) is 0 Å². The van der Waals surface area contributed by atoms with E-state index in [0.717, 1.165) is 4.80 Å². The van der Waals surface area contributed by atoms with E-state index in [9.17, 15) is 13.2 Å². The Morgan fingerprint density at radius 3 is 2.31 bits per heavy atom. The summed E-state index contributed by atoms with van der Waals surface area (Å²) < 4.78 is 37.9. The molecule has 0 aliphatic carbocycles. The molecule has 2 aromatic rings. The Hall–Kier alpha value is -2.19. The molecule has 2 N–H and O–H groups in total. The lowest BCUT2D eigenvalue weighted by molar-refractivity contribution is -0.137. The van der Waals surface area contributed by atoms with Crippen LogP contribution in [-0.4, -0.2) is 25.2 Å². The largest absolute Gasteiger partial charge is 0.420 e. The summed E-state index contributed by atoms with van der Waals surface area (Å²) in [6, 6.07) is 0.686. The first-order valence-electron chi connectivity index (χ1n) is 4.05. The molecule has 0 saturated heterocycles. The van der Waals surface area contributed by atoms with Gasteiger partial charge in [0.1, 0.15) is 11.4 Å². The molecule has 0 saturated carbocycles. The van der Waals surface area contributed by atoms with Crippen LogP contribution in [0.25, 0.3) is 5.82 Å². The SMILES string of the molecule is Nc1cc(C(F)(F)F)c(-n2nccn2)nn1. The molecule has 2 aromatic heterocycles. The molecule has 0 aliphatic heterocycles. The molecule has 0 spiro atoms. The summed E-state index contributed by atoms with van der Waals surface area (Å²) in [5, 5.41) is 13.8. The summed E-state index contributed by atoms with van der Waals surface area (Å²) in [5.41, 5.74) is 4.12. The van der Waals surface area contributed by atoms with E-state index in [2.05, 4.69) is 20.4 Å². The van der Waals surface area contributed by atoms with E-state index in [1.807, 2.05) is 0 Å². The Kier molecular flexibility index (Phi) is 2.22. The highest BCUT2D eigenvalue weighted by molar-refractivity contribution is 5.41. The topological polar surface area (TPSA) is 82.5 Å². The van der Waals surface area contributed by atoms with Crippen molar-refractivity contribution in [3.63, 3.8) is 0 Å². The summed E-state index contributed by atoms with van der Waals surface area (Å²) in [5.74, 6) is -0.824. The molecular weight excluding hydrogens is 225 g/mol. The van der Waals surface area contributed by atoms with Crippen LogP contribution in [0, 0.1) is 0 Å². The third-order valence-electron chi connectivity index (χ3n) is 1.71. The van der Waals surface area contributed by atoms with Gasteiger partial charge in [-0.15, -0.1) is 15.0 Å². The first-order valence-corrected chi connectivity index (χ1v) is 4.05. The Morgan fingerprint density at radius 2 is 1.75 bits per heavy atom. The number of nitrogens with zero attached hydrogens (tertiary/aromatic N) is 5. The predicted octanol–water partition coefficient (Wildman–Crippen LogP) is 0.658. The number of hydrogen-bond acceptors (Lipinski definition) is 5. The molecule has 0 unspecified atom stereocenters. The van der Waals surface area contributed by atoms with Crippen molar-refractivity contribution in [2.24, 2.45) is 0 Å². The van der Waals surface area contributed by atoms with Crippen LogP contribution in [0.1, 0.15) is 5.56 Å². The zero-order chi connectivity index (χ0) is 11.8. The van der Waals surface area contributed by atoms with E-state index in [1.54, 1.807) is 0 Å². The number of nitrogens with two attached hydrogens (primary N) is 1. The molecule has 84 valence electrons. The molecule has 0 aliphatic rings. The number of rotatable bonds is 1. The van der Waals surface area contributed by atoms with Crippen LogP contribution in [-0.2, 0) is 6.18 Å². The van der Waals surface area contributed by atoms with Gasteiger partial charge < -0.3 is 5.73 Å². The number of hydrogen-bond donors (Lipinski definition) is 1. The molecule has 2 heterocycles. The molecule has 9 heteroatoms. The second-order valence-electron chi connectivity index (χ2n) is 2.82. The van der Waals surface area contributed by atoms with E-state index in [1.165, 1.54) is 12.4 Å². The fraction of sp³-hybridized carbons (Fsp3) is 0.143. The molecule has 0 bridgehead atoms. The maximum atomic E-state index is 12.6. The van der Waals surface area contributed by atoms with E-state index in [4.69, 9.17) is 5.73 Å². The van der Waals surface area contributed by atoms with Crippen molar-refractivity contribution >= 4 is 5.82 Å². The highest BCUT2D eigenvalue weighted by Crippen LogP contribution is 2.32. The van der Waals surface area contributed by atoms with Gasteiger partial charge in [-0.05, 0) is 6.07 Å². The zero-order valence-corrected chi connectivity index (χ0v) is 7.68. The molecule has 0 fully saturated rings. The summed E-state index contributed by atoms with van der Waals surface area (Å²) in [4.78, 5) is 0.731. The lowest BCUT2D eigenvalue weighted by atomic mass is 10.2. The van der Waals surface area contributed by atoms with E-state index >= 15 is 0 Å². The average Bonchev–Trinajstić information content (AvgIpc) is 2.69. The van der Waals surface area contributed by atoms with E-state index in [-0.39, 0.29) is 5.82 Å². The second-order valence-corrected chi connectivity index (χ2v) is 2.82. The Morgan fingerprint density at radius 1 is 1.12 bits per heavy atom.